The Balaban J connectivity index is 1.57. The lowest BCUT2D eigenvalue weighted by Gasteiger charge is -2.09. The minimum atomic E-state index is -0.526. The van der Waals surface area contributed by atoms with Gasteiger partial charge < -0.3 is 10.1 Å². The van der Waals surface area contributed by atoms with Crippen molar-refractivity contribution in [1.29, 1.82) is 0 Å². The number of hydrogen-bond donors (Lipinski definition) is 2. The van der Waals surface area contributed by atoms with Crippen molar-refractivity contribution in [2.45, 2.75) is 0 Å². The van der Waals surface area contributed by atoms with Crippen LogP contribution in [0.15, 0.2) is 78.0 Å². The second-order valence-corrected chi connectivity index (χ2v) is 5.77. The Morgan fingerprint density at radius 2 is 1.86 bits per heavy atom. The van der Waals surface area contributed by atoms with Gasteiger partial charge in [-0.25, -0.2) is 4.98 Å². The Kier molecular flexibility index (Phi) is 6.45. The average Bonchev–Trinajstić information content (AvgIpc) is 2.74. The Labute approximate surface area is 166 Å². The molecule has 2 aromatic carbocycles. The van der Waals surface area contributed by atoms with Crippen LogP contribution in [0.4, 0.5) is 17.2 Å². The normalized spacial score (nSPS) is 10.5. The summed E-state index contributed by atoms with van der Waals surface area (Å²) < 4.78 is 5.59. The molecule has 0 spiro atoms. The van der Waals surface area contributed by atoms with E-state index in [9.17, 15) is 14.9 Å². The highest BCUT2D eigenvalue weighted by Gasteiger charge is 2.07. The summed E-state index contributed by atoms with van der Waals surface area (Å²) in [5.41, 5.74) is 3.92. The van der Waals surface area contributed by atoms with E-state index in [0.717, 1.165) is 6.20 Å². The van der Waals surface area contributed by atoms with Crippen LogP contribution in [0.1, 0.15) is 5.56 Å². The molecule has 0 saturated carbocycles. The Morgan fingerprint density at radius 1 is 1.10 bits per heavy atom. The maximum absolute atomic E-state index is 12.0. The van der Waals surface area contributed by atoms with Gasteiger partial charge in [0.15, 0.2) is 6.61 Å². The van der Waals surface area contributed by atoms with Crippen LogP contribution in [-0.4, -0.2) is 28.6 Å². The van der Waals surface area contributed by atoms with E-state index in [2.05, 4.69) is 20.8 Å². The highest BCUT2D eigenvalue weighted by molar-refractivity contribution is 5.92. The van der Waals surface area contributed by atoms with E-state index in [1.54, 1.807) is 30.3 Å². The molecular weight excluding hydrogens is 374 g/mol. The van der Waals surface area contributed by atoms with Crippen molar-refractivity contribution in [3.63, 3.8) is 0 Å². The number of benzene rings is 2. The largest absolute Gasteiger partial charge is 0.483 e. The molecule has 0 aliphatic heterocycles. The zero-order valence-corrected chi connectivity index (χ0v) is 15.2. The number of carbonyl (C=O) groups is 1. The van der Waals surface area contributed by atoms with Crippen molar-refractivity contribution in [3.05, 3.63) is 88.6 Å². The number of para-hydroxylation sites is 2. The molecule has 0 saturated heterocycles. The molecule has 3 aromatic rings. The molecule has 0 aliphatic carbocycles. The summed E-state index contributed by atoms with van der Waals surface area (Å²) in [6, 6.07) is 19.0. The molecule has 29 heavy (non-hydrogen) atoms. The van der Waals surface area contributed by atoms with Crippen molar-refractivity contribution in [2.24, 2.45) is 5.10 Å². The van der Waals surface area contributed by atoms with Gasteiger partial charge in [0, 0.05) is 17.3 Å². The minimum absolute atomic E-state index is 0.105. The summed E-state index contributed by atoms with van der Waals surface area (Å²) in [7, 11) is 0. The number of hydrogen-bond acceptors (Lipinski definition) is 7. The van der Waals surface area contributed by atoms with E-state index in [0.29, 0.717) is 22.8 Å². The molecule has 0 fully saturated rings. The summed E-state index contributed by atoms with van der Waals surface area (Å²) in [5, 5.41) is 17.4. The summed E-state index contributed by atoms with van der Waals surface area (Å²) in [6.45, 7) is -0.156. The van der Waals surface area contributed by atoms with Crippen molar-refractivity contribution in [2.75, 3.05) is 17.3 Å². The molecule has 0 aliphatic rings. The second kappa shape index (κ2) is 9.60. The Bertz CT molecular complexity index is 1010. The number of pyridine rings is 1. The number of anilines is 2. The monoisotopic (exact) mass is 391 g/mol. The smallest absolute Gasteiger partial charge is 0.287 e. The fourth-order valence-electron chi connectivity index (χ4n) is 2.31. The van der Waals surface area contributed by atoms with Gasteiger partial charge in [-0.2, -0.15) is 5.10 Å². The lowest BCUT2D eigenvalue weighted by atomic mass is 10.2. The van der Waals surface area contributed by atoms with Crippen molar-refractivity contribution < 1.29 is 14.5 Å². The molecule has 0 unspecified atom stereocenters. The summed E-state index contributed by atoms with van der Waals surface area (Å²) in [5.74, 6) is 0.557. The number of nitro groups is 1. The van der Waals surface area contributed by atoms with Crippen LogP contribution in [0.3, 0.4) is 0 Å². The van der Waals surface area contributed by atoms with Crippen LogP contribution >= 0.6 is 0 Å². The van der Waals surface area contributed by atoms with E-state index in [1.807, 2.05) is 24.3 Å². The topological polar surface area (TPSA) is 119 Å². The summed E-state index contributed by atoms with van der Waals surface area (Å²) in [4.78, 5) is 26.0. The van der Waals surface area contributed by atoms with Gasteiger partial charge in [-0.1, -0.05) is 30.3 Å². The van der Waals surface area contributed by atoms with Crippen LogP contribution in [0.5, 0.6) is 5.75 Å². The molecule has 1 amide bonds. The first-order chi connectivity index (χ1) is 14.1. The highest BCUT2D eigenvalue weighted by Crippen LogP contribution is 2.17. The van der Waals surface area contributed by atoms with Crippen LogP contribution < -0.4 is 15.5 Å². The van der Waals surface area contributed by atoms with Gasteiger partial charge in [-0.3, -0.25) is 20.3 Å². The maximum atomic E-state index is 12.0. The first-order valence-electron chi connectivity index (χ1n) is 8.58. The third kappa shape index (κ3) is 5.86. The predicted molar refractivity (Wildman–Crippen MR) is 109 cm³/mol. The first-order valence-corrected chi connectivity index (χ1v) is 8.58. The number of hydrazone groups is 1. The number of nitrogens with one attached hydrogen (secondary N) is 2. The van der Waals surface area contributed by atoms with Crippen molar-refractivity contribution >= 4 is 29.3 Å². The van der Waals surface area contributed by atoms with Gasteiger partial charge in [0.2, 0.25) is 0 Å². The molecule has 0 bridgehead atoms. The molecule has 1 heterocycles. The lowest BCUT2D eigenvalue weighted by Crippen LogP contribution is -2.20. The molecular formula is C20H17N5O4. The van der Waals surface area contributed by atoms with Crippen LogP contribution in [0.25, 0.3) is 0 Å². The molecule has 2 N–H and O–H groups in total. The molecule has 9 heteroatoms. The molecule has 9 nitrogen and oxygen atoms in total. The average molecular weight is 391 g/mol. The Morgan fingerprint density at radius 3 is 2.59 bits per heavy atom. The van der Waals surface area contributed by atoms with Gasteiger partial charge in [0.25, 0.3) is 11.6 Å². The Hall–Kier alpha value is -4.27. The lowest BCUT2D eigenvalue weighted by molar-refractivity contribution is -0.385. The van der Waals surface area contributed by atoms with E-state index >= 15 is 0 Å². The third-order valence-electron chi connectivity index (χ3n) is 3.68. The molecule has 3 rings (SSSR count). The number of nitrogens with zero attached hydrogens (tertiary/aromatic N) is 3. The number of aromatic nitrogens is 1. The highest BCUT2D eigenvalue weighted by atomic mass is 16.6. The van der Waals surface area contributed by atoms with Crippen LogP contribution in [0.2, 0.25) is 0 Å². The third-order valence-corrected chi connectivity index (χ3v) is 3.68. The van der Waals surface area contributed by atoms with Gasteiger partial charge in [-0.15, -0.1) is 0 Å². The summed E-state index contributed by atoms with van der Waals surface area (Å²) in [6.07, 6.45) is 2.65. The quantitative estimate of drug-likeness (QED) is 0.345. The van der Waals surface area contributed by atoms with Crippen LogP contribution in [-0.2, 0) is 4.79 Å². The zero-order chi connectivity index (χ0) is 20.5. The number of rotatable bonds is 8. The van der Waals surface area contributed by atoms with Crippen LogP contribution in [0, 0.1) is 10.1 Å². The van der Waals surface area contributed by atoms with Crippen molar-refractivity contribution in [1.82, 2.24) is 4.98 Å². The van der Waals surface area contributed by atoms with E-state index < -0.39 is 4.92 Å². The number of amides is 1. The van der Waals surface area contributed by atoms with E-state index in [-0.39, 0.29) is 18.2 Å². The standard InChI is InChI=1S/C20H17N5O4/c26-20(23-16-7-2-1-3-8-16)14-29-18-9-5-4-6-15(18)12-22-24-19-11-10-17(13-21-19)25(27)28/h1-13H,14H2,(H,21,24)(H,23,26)/b22-12+. The predicted octanol–water partition coefficient (Wildman–Crippen LogP) is 3.45. The molecule has 0 atom stereocenters. The summed E-state index contributed by atoms with van der Waals surface area (Å²) >= 11 is 0. The van der Waals surface area contributed by atoms with Crippen molar-refractivity contribution in [3.8, 4) is 5.75 Å². The van der Waals surface area contributed by atoms with Gasteiger partial charge in [0.05, 0.1) is 11.1 Å². The minimum Gasteiger partial charge on any atom is -0.483 e. The van der Waals surface area contributed by atoms with Gasteiger partial charge in [0.1, 0.15) is 17.8 Å². The van der Waals surface area contributed by atoms with E-state index in [4.69, 9.17) is 4.74 Å². The molecule has 146 valence electrons. The van der Waals surface area contributed by atoms with Gasteiger partial charge >= 0.3 is 0 Å². The maximum Gasteiger partial charge on any atom is 0.287 e. The first kappa shape index (κ1) is 19.5. The van der Waals surface area contributed by atoms with Gasteiger partial charge in [-0.05, 0) is 30.3 Å². The number of ether oxygens (including phenoxy) is 1. The van der Waals surface area contributed by atoms with E-state index in [1.165, 1.54) is 18.3 Å². The SMILES string of the molecule is O=C(COc1ccccc1/C=N/Nc1ccc([N+](=O)[O-])cn1)Nc1ccccc1. The fourth-order valence-corrected chi connectivity index (χ4v) is 2.31. The number of carbonyl (C=O) groups excluding carboxylic acids is 1. The fraction of sp³-hybridized carbons (Fsp3) is 0.0500. The zero-order valence-electron chi connectivity index (χ0n) is 15.2. The molecule has 0 radical (unpaired) electrons. The molecule has 1 aromatic heterocycles. The second-order valence-electron chi connectivity index (χ2n) is 5.77.